The van der Waals surface area contributed by atoms with Crippen molar-refractivity contribution in [2.75, 3.05) is 6.61 Å². The highest BCUT2D eigenvalue weighted by atomic mass is 16.6. The highest BCUT2D eigenvalue weighted by Gasteiger charge is 2.21. The molecule has 0 saturated heterocycles. The molecule has 2 heteroatoms. The van der Waals surface area contributed by atoms with Crippen molar-refractivity contribution in [1.29, 1.82) is 0 Å². The molecule has 0 aromatic rings. The zero-order chi connectivity index (χ0) is 9.68. The Kier molecular flexibility index (Phi) is 4.74. The molecule has 1 atom stereocenters. The topological polar surface area (TPSA) is 21.3 Å². The second-order valence-electron chi connectivity index (χ2n) is 4.66. The molecular weight excluding hydrogens is 162 g/mol. The molecule has 1 N–H and O–H groups in total. The Balaban J connectivity index is 2.06. The van der Waals surface area contributed by atoms with Gasteiger partial charge in [0.15, 0.2) is 0 Å². The fourth-order valence-corrected chi connectivity index (χ4v) is 1.90. The SMILES string of the molecule is CC(C)CONC(C)C1CCCC1. The Bertz CT molecular complexity index is 130. The number of hydroxylamine groups is 1. The van der Waals surface area contributed by atoms with Gasteiger partial charge in [-0.25, -0.2) is 0 Å². The molecule has 1 rings (SSSR count). The van der Waals surface area contributed by atoms with E-state index in [0.717, 1.165) is 12.5 Å². The van der Waals surface area contributed by atoms with Gasteiger partial charge in [0.2, 0.25) is 0 Å². The van der Waals surface area contributed by atoms with Crippen LogP contribution in [0.5, 0.6) is 0 Å². The number of hydrogen-bond acceptors (Lipinski definition) is 2. The molecule has 0 heterocycles. The minimum absolute atomic E-state index is 0.529. The smallest absolute Gasteiger partial charge is 0.0705 e. The van der Waals surface area contributed by atoms with Crippen LogP contribution in [0, 0.1) is 11.8 Å². The van der Waals surface area contributed by atoms with Gasteiger partial charge in [-0.1, -0.05) is 26.7 Å². The number of hydrogen-bond donors (Lipinski definition) is 1. The van der Waals surface area contributed by atoms with E-state index in [2.05, 4.69) is 26.3 Å². The van der Waals surface area contributed by atoms with Crippen LogP contribution in [0.4, 0.5) is 0 Å². The van der Waals surface area contributed by atoms with Crippen LogP contribution in [0.15, 0.2) is 0 Å². The molecule has 0 aliphatic heterocycles. The molecule has 0 bridgehead atoms. The van der Waals surface area contributed by atoms with Gasteiger partial charge in [-0.2, -0.15) is 5.48 Å². The molecule has 1 fully saturated rings. The van der Waals surface area contributed by atoms with E-state index in [9.17, 15) is 0 Å². The Morgan fingerprint density at radius 1 is 1.23 bits per heavy atom. The summed E-state index contributed by atoms with van der Waals surface area (Å²) in [4.78, 5) is 5.42. The van der Waals surface area contributed by atoms with E-state index in [1.807, 2.05) is 0 Å². The van der Waals surface area contributed by atoms with Crippen molar-refractivity contribution in [3.63, 3.8) is 0 Å². The highest BCUT2D eigenvalue weighted by Crippen LogP contribution is 2.27. The fourth-order valence-electron chi connectivity index (χ4n) is 1.90. The van der Waals surface area contributed by atoms with Gasteiger partial charge in [0.25, 0.3) is 0 Å². The lowest BCUT2D eigenvalue weighted by Gasteiger charge is -2.20. The standard InChI is InChI=1S/C11H23NO/c1-9(2)8-13-12-10(3)11-6-4-5-7-11/h9-12H,4-8H2,1-3H3. The molecule has 78 valence electrons. The summed E-state index contributed by atoms with van der Waals surface area (Å²) >= 11 is 0. The summed E-state index contributed by atoms with van der Waals surface area (Å²) in [5.41, 5.74) is 3.16. The van der Waals surface area contributed by atoms with E-state index >= 15 is 0 Å². The Morgan fingerprint density at radius 3 is 2.38 bits per heavy atom. The van der Waals surface area contributed by atoms with Gasteiger partial charge in [0.05, 0.1) is 6.61 Å². The molecule has 0 radical (unpaired) electrons. The van der Waals surface area contributed by atoms with Crippen molar-refractivity contribution in [2.45, 2.75) is 52.5 Å². The van der Waals surface area contributed by atoms with Crippen molar-refractivity contribution < 1.29 is 4.84 Å². The molecule has 13 heavy (non-hydrogen) atoms. The van der Waals surface area contributed by atoms with E-state index in [-0.39, 0.29) is 0 Å². The summed E-state index contributed by atoms with van der Waals surface area (Å²) in [6.45, 7) is 7.39. The zero-order valence-electron chi connectivity index (χ0n) is 9.18. The van der Waals surface area contributed by atoms with Crippen LogP contribution in [-0.2, 0) is 4.84 Å². The quantitative estimate of drug-likeness (QED) is 0.665. The average Bonchev–Trinajstić information content (AvgIpc) is 2.55. The Hall–Kier alpha value is -0.0800. The monoisotopic (exact) mass is 185 g/mol. The van der Waals surface area contributed by atoms with E-state index in [4.69, 9.17) is 4.84 Å². The van der Waals surface area contributed by atoms with Crippen LogP contribution in [0.1, 0.15) is 46.5 Å². The first-order chi connectivity index (χ1) is 6.20. The number of rotatable bonds is 5. The van der Waals surface area contributed by atoms with Crippen LogP contribution >= 0.6 is 0 Å². The Labute approximate surface area is 82.0 Å². The van der Waals surface area contributed by atoms with Crippen LogP contribution < -0.4 is 5.48 Å². The third-order valence-corrected chi connectivity index (χ3v) is 2.79. The highest BCUT2D eigenvalue weighted by molar-refractivity contribution is 4.74. The minimum Gasteiger partial charge on any atom is -0.301 e. The van der Waals surface area contributed by atoms with Crippen molar-refractivity contribution in [3.8, 4) is 0 Å². The molecule has 1 unspecified atom stereocenters. The van der Waals surface area contributed by atoms with E-state index < -0.39 is 0 Å². The molecular formula is C11H23NO. The van der Waals surface area contributed by atoms with Gasteiger partial charge in [-0.15, -0.1) is 0 Å². The first kappa shape index (κ1) is 11.0. The van der Waals surface area contributed by atoms with Crippen LogP contribution in [0.2, 0.25) is 0 Å². The summed E-state index contributed by atoms with van der Waals surface area (Å²) in [5.74, 6) is 1.45. The molecule has 1 saturated carbocycles. The summed E-state index contributed by atoms with van der Waals surface area (Å²) in [7, 11) is 0. The van der Waals surface area contributed by atoms with Crippen LogP contribution in [-0.4, -0.2) is 12.6 Å². The van der Waals surface area contributed by atoms with Crippen LogP contribution in [0.3, 0.4) is 0 Å². The predicted molar refractivity (Wildman–Crippen MR) is 55.3 cm³/mol. The van der Waals surface area contributed by atoms with Crippen molar-refractivity contribution in [3.05, 3.63) is 0 Å². The van der Waals surface area contributed by atoms with Gasteiger partial charge in [-0.3, -0.25) is 0 Å². The lowest BCUT2D eigenvalue weighted by molar-refractivity contribution is -0.00742. The normalized spacial score (nSPS) is 21.2. The first-order valence-electron chi connectivity index (χ1n) is 5.57. The second-order valence-corrected chi connectivity index (χ2v) is 4.66. The summed E-state index contributed by atoms with van der Waals surface area (Å²) in [6.07, 6.45) is 5.56. The van der Waals surface area contributed by atoms with Crippen molar-refractivity contribution >= 4 is 0 Å². The number of nitrogens with one attached hydrogen (secondary N) is 1. The van der Waals surface area contributed by atoms with E-state index in [1.165, 1.54) is 25.7 Å². The molecule has 2 nitrogen and oxygen atoms in total. The summed E-state index contributed by atoms with van der Waals surface area (Å²) < 4.78 is 0. The molecule has 0 spiro atoms. The fraction of sp³-hybridized carbons (Fsp3) is 1.00. The minimum atomic E-state index is 0.529. The zero-order valence-corrected chi connectivity index (χ0v) is 9.18. The van der Waals surface area contributed by atoms with Gasteiger partial charge >= 0.3 is 0 Å². The summed E-state index contributed by atoms with van der Waals surface area (Å²) in [5, 5.41) is 0. The average molecular weight is 185 g/mol. The van der Waals surface area contributed by atoms with E-state index in [1.54, 1.807) is 0 Å². The maximum atomic E-state index is 5.42. The van der Waals surface area contributed by atoms with E-state index in [0.29, 0.717) is 12.0 Å². The third-order valence-electron chi connectivity index (χ3n) is 2.79. The molecule has 0 amide bonds. The van der Waals surface area contributed by atoms with Crippen molar-refractivity contribution in [2.24, 2.45) is 11.8 Å². The van der Waals surface area contributed by atoms with Gasteiger partial charge in [0, 0.05) is 6.04 Å². The predicted octanol–water partition coefficient (Wildman–Crippen LogP) is 2.74. The molecule has 1 aliphatic rings. The second kappa shape index (κ2) is 5.61. The lowest BCUT2D eigenvalue weighted by Crippen LogP contribution is -2.33. The maximum Gasteiger partial charge on any atom is 0.0705 e. The molecule has 0 aromatic heterocycles. The Morgan fingerprint density at radius 2 is 1.85 bits per heavy atom. The largest absolute Gasteiger partial charge is 0.301 e. The van der Waals surface area contributed by atoms with Crippen molar-refractivity contribution in [1.82, 2.24) is 5.48 Å². The summed E-state index contributed by atoms with van der Waals surface area (Å²) in [6, 6.07) is 0.529. The maximum absolute atomic E-state index is 5.42. The van der Waals surface area contributed by atoms with Gasteiger partial charge in [0.1, 0.15) is 0 Å². The lowest BCUT2D eigenvalue weighted by atomic mass is 10.0. The van der Waals surface area contributed by atoms with Gasteiger partial charge in [-0.05, 0) is 31.6 Å². The van der Waals surface area contributed by atoms with Gasteiger partial charge < -0.3 is 4.84 Å². The van der Waals surface area contributed by atoms with Crippen LogP contribution in [0.25, 0.3) is 0 Å². The molecule has 1 aliphatic carbocycles. The third kappa shape index (κ3) is 4.10. The molecule has 0 aromatic carbocycles. The first-order valence-corrected chi connectivity index (χ1v) is 5.57.